The van der Waals surface area contributed by atoms with Crippen LogP contribution in [0.4, 0.5) is 4.39 Å². The van der Waals surface area contributed by atoms with Gasteiger partial charge in [-0.25, -0.2) is 9.37 Å². The molecule has 0 atom stereocenters. The second kappa shape index (κ2) is 7.73. The molecule has 0 bridgehead atoms. The van der Waals surface area contributed by atoms with E-state index in [1.54, 1.807) is 12.1 Å². The molecule has 1 amide bonds. The van der Waals surface area contributed by atoms with Crippen LogP contribution < -0.4 is 5.32 Å². The minimum Gasteiger partial charge on any atom is -0.356 e. The highest BCUT2D eigenvalue weighted by Gasteiger charge is 2.04. The minimum atomic E-state index is -0.254. The average Bonchev–Trinajstić information content (AvgIpc) is 3.01. The molecule has 4 nitrogen and oxygen atoms in total. The summed E-state index contributed by atoms with van der Waals surface area (Å²) in [6.07, 6.45) is 3.72. The molecule has 0 aliphatic heterocycles. The number of halogens is 1. The maximum atomic E-state index is 12.8. The van der Waals surface area contributed by atoms with Gasteiger partial charge in [-0.1, -0.05) is 24.3 Å². The van der Waals surface area contributed by atoms with E-state index in [2.05, 4.69) is 14.9 Å². The van der Waals surface area contributed by atoms with Crippen molar-refractivity contribution in [3.8, 4) is 0 Å². The van der Waals surface area contributed by atoms with Crippen LogP contribution in [0.15, 0.2) is 54.9 Å². The van der Waals surface area contributed by atoms with Crippen molar-refractivity contribution in [2.45, 2.75) is 25.8 Å². The van der Waals surface area contributed by atoms with Gasteiger partial charge in [0.2, 0.25) is 5.91 Å². The molecule has 3 rings (SSSR count). The first kappa shape index (κ1) is 16.2. The maximum absolute atomic E-state index is 12.8. The van der Waals surface area contributed by atoms with Crippen molar-refractivity contribution < 1.29 is 9.18 Å². The first-order valence-electron chi connectivity index (χ1n) is 8.13. The molecular formula is C19H20FN3O. The molecule has 0 fully saturated rings. The van der Waals surface area contributed by atoms with Gasteiger partial charge in [-0.2, -0.15) is 0 Å². The molecule has 124 valence electrons. The number of benzene rings is 2. The number of fused-ring (bicyclic) bond motifs is 1. The number of rotatable bonds is 7. The maximum Gasteiger partial charge on any atom is 0.220 e. The van der Waals surface area contributed by atoms with Gasteiger partial charge in [-0.15, -0.1) is 0 Å². The summed E-state index contributed by atoms with van der Waals surface area (Å²) in [6.45, 7) is 1.45. The van der Waals surface area contributed by atoms with Crippen molar-refractivity contribution in [1.82, 2.24) is 14.9 Å². The molecule has 24 heavy (non-hydrogen) atoms. The number of imidazole rings is 1. The number of para-hydroxylation sites is 2. The molecule has 2 aromatic carbocycles. The molecular weight excluding hydrogens is 305 g/mol. The number of carbonyl (C=O) groups is 1. The summed E-state index contributed by atoms with van der Waals surface area (Å²) in [4.78, 5) is 16.2. The van der Waals surface area contributed by atoms with Crippen LogP contribution in [0.25, 0.3) is 11.0 Å². The molecule has 3 aromatic rings. The van der Waals surface area contributed by atoms with Crippen LogP contribution in [0.2, 0.25) is 0 Å². The van der Waals surface area contributed by atoms with Gasteiger partial charge >= 0.3 is 0 Å². The van der Waals surface area contributed by atoms with Crippen molar-refractivity contribution in [2.75, 3.05) is 6.54 Å². The quantitative estimate of drug-likeness (QED) is 0.678. The van der Waals surface area contributed by atoms with Gasteiger partial charge in [-0.3, -0.25) is 4.79 Å². The van der Waals surface area contributed by atoms with E-state index < -0.39 is 0 Å². The summed E-state index contributed by atoms with van der Waals surface area (Å²) in [6, 6.07) is 14.3. The number of hydrogen-bond acceptors (Lipinski definition) is 2. The Hall–Kier alpha value is -2.69. The monoisotopic (exact) mass is 325 g/mol. The van der Waals surface area contributed by atoms with Crippen molar-refractivity contribution in [2.24, 2.45) is 0 Å². The van der Waals surface area contributed by atoms with E-state index in [4.69, 9.17) is 0 Å². The lowest BCUT2D eigenvalue weighted by Gasteiger charge is -2.07. The molecule has 1 aromatic heterocycles. The Morgan fingerprint density at radius 2 is 1.92 bits per heavy atom. The summed E-state index contributed by atoms with van der Waals surface area (Å²) in [5.74, 6) is -0.231. The van der Waals surface area contributed by atoms with Crippen LogP contribution in [0.5, 0.6) is 0 Å². The highest BCUT2D eigenvalue weighted by Crippen LogP contribution is 2.12. The van der Waals surface area contributed by atoms with Crippen molar-refractivity contribution in [3.63, 3.8) is 0 Å². The summed E-state index contributed by atoms with van der Waals surface area (Å²) < 4.78 is 14.9. The number of nitrogens with one attached hydrogen (secondary N) is 1. The predicted octanol–water partition coefficient (Wildman–Crippen LogP) is 3.31. The normalized spacial score (nSPS) is 10.9. The number of aromatic nitrogens is 2. The third-order valence-corrected chi connectivity index (χ3v) is 3.98. The third-order valence-electron chi connectivity index (χ3n) is 3.98. The molecule has 5 heteroatoms. The summed E-state index contributed by atoms with van der Waals surface area (Å²) in [5.41, 5.74) is 3.07. The fourth-order valence-electron chi connectivity index (χ4n) is 2.66. The van der Waals surface area contributed by atoms with Gasteiger partial charge in [0.05, 0.1) is 17.4 Å². The Morgan fingerprint density at radius 3 is 2.75 bits per heavy atom. The summed E-state index contributed by atoms with van der Waals surface area (Å²) in [5, 5.41) is 2.93. The van der Waals surface area contributed by atoms with Crippen LogP contribution in [0.3, 0.4) is 0 Å². The van der Waals surface area contributed by atoms with E-state index in [0.29, 0.717) is 19.4 Å². The molecule has 0 saturated heterocycles. The van der Waals surface area contributed by atoms with E-state index >= 15 is 0 Å². The number of nitrogens with zero attached hydrogens (tertiary/aromatic N) is 2. The molecule has 0 saturated carbocycles. The Balaban J connectivity index is 1.38. The Kier molecular flexibility index (Phi) is 5.21. The standard InChI is InChI=1S/C19H20FN3O/c20-16-9-6-15(7-10-16)8-11-19(24)21-12-3-13-23-14-22-17-4-1-2-5-18(17)23/h1-2,4-7,9-10,14H,3,8,11-13H2,(H,21,24). The topological polar surface area (TPSA) is 46.9 Å². The fraction of sp³-hybridized carbons (Fsp3) is 0.263. The van der Waals surface area contributed by atoms with Gasteiger partial charge in [0.15, 0.2) is 0 Å². The van der Waals surface area contributed by atoms with E-state index in [9.17, 15) is 9.18 Å². The molecule has 0 aliphatic carbocycles. The first-order chi connectivity index (χ1) is 11.7. The second-order valence-electron chi connectivity index (χ2n) is 5.76. The Bertz CT molecular complexity index is 811. The van der Waals surface area contributed by atoms with Crippen molar-refractivity contribution in [1.29, 1.82) is 0 Å². The van der Waals surface area contributed by atoms with Gasteiger partial charge in [0.25, 0.3) is 0 Å². The largest absolute Gasteiger partial charge is 0.356 e. The minimum absolute atomic E-state index is 0.0230. The highest BCUT2D eigenvalue weighted by molar-refractivity contribution is 5.76. The SMILES string of the molecule is O=C(CCc1ccc(F)cc1)NCCCn1cnc2ccccc21. The molecule has 1 heterocycles. The van der Waals surface area contributed by atoms with Crippen LogP contribution in [0.1, 0.15) is 18.4 Å². The zero-order valence-electron chi connectivity index (χ0n) is 13.4. The second-order valence-corrected chi connectivity index (χ2v) is 5.76. The van der Waals surface area contributed by atoms with Crippen LogP contribution in [-0.4, -0.2) is 22.0 Å². The average molecular weight is 325 g/mol. The molecule has 0 spiro atoms. The zero-order chi connectivity index (χ0) is 16.8. The smallest absolute Gasteiger partial charge is 0.220 e. The van der Waals surface area contributed by atoms with E-state index in [-0.39, 0.29) is 11.7 Å². The van der Waals surface area contributed by atoms with Crippen molar-refractivity contribution >= 4 is 16.9 Å². The van der Waals surface area contributed by atoms with E-state index in [0.717, 1.165) is 29.6 Å². The number of amides is 1. The number of hydrogen-bond donors (Lipinski definition) is 1. The van der Waals surface area contributed by atoms with Crippen molar-refractivity contribution in [3.05, 3.63) is 66.2 Å². The lowest BCUT2D eigenvalue weighted by Crippen LogP contribution is -2.25. The van der Waals surface area contributed by atoms with E-state index in [1.165, 1.54) is 12.1 Å². The summed E-state index contributed by atoms with van der Waals surface area (Å²) in [7, 11) is 0. The lowest BCUT2D eigenvalue weighted by molar-refractivity contribution is -0.121. The van der Waals surface area contributed by atoms with E-state index in [1.807, 2.05) is 30.6 Å². The van der Waals surface area contributed by atoms with Gasteiger partial charge in [0.1, 0.15) is 5.82 Å². The third kappa shape index (κ3) is 4.19. The highest BCUT2D eigenvalue weighted by atomic mass is 19.1. The zero-order valence-corrected chi connectivity index (χ0v) is 13.4. The Labute approximate surface area is 140 Å². The fourth-order valence-corrected chi connectivity index (χ4v) is 2.66. The molecule has 0 radical (unpaired) electrons. The van der Waals surface area contributed by atoms with Crippen LogP contribution >= 0.6 is 0 Å². The molecule has 0 aliphatic rings. The number of aryl methyl sites for hydroxylation is 2. The number of carbonyl (C=O) groups excluding carboxylic acids is 1. The lowest BCUT2D eigenvalue weighted by atomic mass is 10.1. The van der Waals surface area contributed by atoms with Gasteiger partial charge < -0.3 is 9.88 Å². The molecule has 0 unspecified atom stereocenters. The van der Waals surface area contributed by atoms with Gasteiger partial charge in [0, 0.05) is 19.5 Å². The first-order valence-corrected chi connectivity index (χ1v) is 8.13. The predicted molar refractivity (Wildman–Crippen MR) is 92.1 cm³/mol. The van der Waals surface area contributed by atoms with Crippen LogP contribution in [-0.2, 0) is 17.8 Å². The Morgan fingerprint density at radius 1 is 1.12 bits per heavy atom. The van der Waals surface area contributed by atoms with Gasteiger partial charge in [-0.05, 0) is 42.7 Å². The van der Waals surface area contributed by atoms with Crippen LogP contribution in [0, 0.1) is 5.82 Å². The summed E-state index contributed by atoms with van der Waals surface area (Å²) >= 11 is 0. The molecule has 1 N–H and O–H groups in total.